The Morgan fingerprint density at radius 2 is 1.67 bits per heavy atom. The van der Waals surface area contributed by atoms with Gasteiger partial charge in [-0.15, -0.1) is 0 Å². The number of amides is 2. The maximum Gasteiger partial charge on any atom is 0.408 e. The molecule has 6 rings (SSSR count). The van der Waals surface area contributed by atoms with Crippen molar-refractivity contribution in [2.75, 3.05) is 52.4 Å². The van der Waals surface area contributed by atoms with Crippen molar-refractivity contribution in [3.05, 3.63) is 124 Å². The summed E-state index contributed by atoms with van der Waals surface area (Å²) in [6, 6.07) is 29.3. The zero-order valence-electron chi connectivity index (χ0n) is 30.7. The number of hydrogen-bond donors (Lipinski definition) is 1. The molecule has 4 aromatic rings. The fourth-order valence-corrected chi connectivity index (χ4v) is 7.56. The van der Waals surface area contributed by atoms with Crippen LogP contribution in [0.1, 0.15) is 42.0 Å². The van der Waals surface area contributed by atoms with E-state index in [9.17, 15) is 19.2 Å². The number of piperidine rings is 1. The van der Waals surface area contributed by atoms with Crippen LogP contribution >= 0.6 is 11.6 Å². The molecule has 0 saturated carbocycles. The summed E-state index contributed by atoms with van der Waals surface area (Å²) in [5, 5.41) is 12.9. The molecule has 54 heavy (non-hydrogen) atoms. The van der Waals surface area contributed by atoms with Gasteiger partial charge in [0.15, 0.2) is 0 Å². The van der Waals surface area contributed by atoms with Crippen LogP contribution in [0.15, 0.2) is 91.0 Å². The van der Waals surface area contributed by atoms with Crippen LogP contribution in [0.2, 0.25) is 5.02 Å². The van der Waals surface area contributed by atoms with Crippen LogP contribution < -0.4 is 10.1 Å². The Hall–Kier alpha value is -4.95. The van der Waals surface area contributed by atoms with Gasteiger partial charge < -0.3 is 24.6 Å². The Bertz CT molecular complexity index is 1910. The van der Waals surface area contributed by atoms with E-state index in [4.69, 9.17) is 21.1 Å². The molecule has 0 aliphatic carbocycles. The van der Waals surface area contributed by atoms with Crippen molar-refractivity contribution in [2.45, 2.75) is 45.4 Å². The van der Waals surface area contributed by atoms with E-state index in [0.29, 0.717) is 61.2 Å². The van der Waals surface area contributed by atoms with Crippen molar-refractivity contribution in [3.63, 3.8) is 0 Å². The molecule has 2 aliphatic rings. The largest absolute Gasteiger partial charge is 0.493 e. The number of carbonyl (C=O) groups is 2. The second-order valence-electron chi connectivity index (χ2n) is 13.9. The number of nitrogens with one attached hydrogen (secondary N) is 1. The first-order chi connectivity index (χ1) is 26.3. The summed E-state index contributed by atoms with van der Waals surface area (Å²) in [6.07, 6.45) is 1.65. The molecular weight excluding hydrogens is 705 g/mol. The van der Waals surface area contributed by atoms with Crippen molar-refractivity contribution in [1.82, 2.24) is 20.0 Å². The van der Waals surface area contributed by atoms with Crippen LogP contribution in [0.3, 0.4) is 0 Å². The molecule has 0 aromatic heterocycles. The Kier molecular flexibility index (Phi) is 13.6. The van der Waals surface area contributed by atoms with E-state index in [1.165, 1.54) is 6.07 Å². The Morgan fingerprint density at radius 1 is 0.926 bits per heavy atom. The van der Waals surface area contributed by atoms with Gasteiger partial charge in [-0.3, -0.25) is 9.69 Å². The number of alkyl carbamates (subject to hydrolysis) is 1. The first-order valence-electron chi connectivity index (χ1n) is 18.7. The summed E-state index contributed by atoms with van der Waals surface area (Å²) in [5.41, 5.74) is 5.26. The lowest BCUT2D eigenvalue weighted by Gasteiger charge is -2.40. The van der Waals surface area contributed by atoms with Crippen LogP contribution in [-0.2, 0) is 29.1 Å². The van der Waals surface area contributed by atoms with Crippen LogP contribution in [0.25, 0.3) is 11.1 Å². The average Bonchev–Trinajstić information content (AvgIpc) is 3.20. The van der Waals surface area contributed by atoms with Crippen LogP contribution in [0.5, 0.6) is 5.75 Å². The van der Waals surface area contributed by atoms with E-state index in [0.717, 1.165) is 61.2 Å². The smallest absolute Gasteiger partial charge is 0.408 e. The quantitative estimate of drug-likeness (QED) is 0.153. The number of carbonyl (C=O) groups excluding carboxylic acids is 2. The molecule has 2 amide bonds. The topological polar surface area (TPSA) is 98.1 Å². The molecule has 2 saturated heterocycles. The van der Waals surface area contributed by atoms with Crippen molar-refractivity contribution in [2.24, 2.45) is 5.92 Å². The number of nitriles is 1. The summed E-state index contributed by atoms with van der Waals surface area (Å²) in [7, 11) is 0. The molecular formula is C43H47ClFN5O4. The Morgan fingerprint density at radius 3 is 2.37 bits per heavy atom. The second-order valence-corrected chi connectivity index (χ2v) is 14.3. The van der Waals surface area contributed by atoms with E-state index in [2.05, 4.69) is 21.2 Å². The van der Waals surface area contributed by atoms with E-state index in [-0.39, 0.29) is 24.2 Å². The third-order valence-corrected chi connectivity index (χ3v) is 10.6. The van der Waals surface area contributed by atoms with Crippen molar-refractivity contribution >= 4 is 23.6 Å². The molecule has 11 heteroatoms. The van der Waals surface area contributed by atoms with Gasteiger partial charge in [0.25, 0.3) is 0 Å². The molecule has 2 aliphatic heterocycles. The van der Waals surface area contributed by atoms with Gasteiger partial charge in [0, 0.05) is 49.9 Å². The molecule has 0 bridgehead atoms. The Balaban J connectivity index is 1.08. The first kappa shape index (κ1) is 38.8. The summed E-state index contributed by atoms with van der Waals surface area (Å²) < 4.78 is 26.0. The summed E-state index contributed by atoms with van der Waals surface area (Å²) in [6.45, 7) is 7.27. The maximum absolute atomic E-state index is 14.8. The lowest BCUT2D eigenvalue weighted by atomic mass is 9.88. The third kappa shape index (κ3) is 10.2. The van der Waals surface area contributed by atoms with Crippen molar-refractivity contribution in [1.29, 1.82) is 5.26 Å². The molecule has 0 radical (unpaired) electrons. The summed E-state index contributed by atoms with van der Waals surface area (Å²) in [5.74, 6) is 0.0589. The number of hydrogen-bond acceptors (Lipinski definition) is 7. The van der Waals surface area contributed by atoms with E-state index >= 15 is 0 Å². The van der Waals surface area contributed by atoms with Crippen molar-refractivity contribution < 1.29 is 23.5 Å². The zero-order valence-corrected chi connectivity index (χ0v) is 31.4. The van der Waals surface area contributed by atoms with Gasteiger partial charge >= 0.3 is 6.09 Å². The molecule has 4 aromatic carbocycles. The minimum Gasteiger partial charge on any atom is -0.493 e. The van der Waals surface area contributed by atoms with Crippen LogP contribution in [-0.4, -0.2) is 85.2 Å². The monoisotopic (exact) mass is 751 g/mol. The average molecular weight is 752 g/mol. The number of rotatable bonds is 13. The number of piperazine rings is 1. The van der Waals surface area contributed by atoms with E-state index in [1.54, 1.807) is 12.1 Å². The highest BCUT2D eigenvalue weighted by atomic mass is 35.5. The molecule has 0 unspecified atom stereocenters. The molecule has 1 atom stereocenters. The van der Waals surface area contributed by atoms with Crippen LogP contribution in [0.4, 0.5) is 9.18 Å². The number of nitrogens with zero attached hydrogens (tertiary/aromatic N) is 4. The highest BCUT2D eigenvalue weighted by molar-refractivity contribution is 6.30. The molecule has 1 N–H and O–H groups in total. The highest BCUT2D eigenvalue weighted by Crippen LogP contribution is 2.29. The Labute approximate surface area is 322 Å². The maximum atomic E-state index is 14.8. The second kappa shape index (κ2) is 18.9. The molecule has 9 nitrogen and oxygen atoms in total. The molecule has 0 spiro atoms. The van der Waals surface area contributed by atoms with Gasteiger partial charge in [0.05, 0.1) is 18.2 Å². The predicted molar refractivity (Wildman–Crippen MR) is 207 cm³/mol. The normalized spacial score (nSPS) is 16.0. The van der Waals surface area contributed by atoms with Gasteiger partial charge in [0.2, 0.25) is 5.91 Å². The first-order valence-corrected chi connectivity index (χ1v) is 19.1. The number of halogens is 2. The zero-order chi connectivity index (χ0) is 37.9. The number of benzene rings is 4. The minimum absolute atomic E-state index is 0.0661. The van der Waals surface area contributed by atoms with Gasteiger partial charge in [0.1, 0.15) is 24.2 Å². The lowest BCUT2D eigenvalue weighted by Crippen LogP contribution is -2.58. The summed E-state index contributed by atoms with van der Waals surface area (Å²) in [4.78, 5) is 33.7. The van der Waals surface area contributed by atoms with Crippen molar-refractivity contribution in [3.8, 4) is 22.9 Å². The third-order valence-electron chi connectivity index (χ3n) is 10.4. The van der Waals surface area contributed by atoms with Gasteiger partial charge in [-0.05, 0) is 104 Å². The fraction of sp³-hybridized carbons (Fsp3) is 0.372. The molecule has 2 heterocycles. The molecule has 282 valence electrons. The fourth-order valence-electron chi connectivity index (χ4n) is 7.37. The van der Waals surface area contributed by atoms with Crippen LogP contribution in [0, 0.1) is 23.1 Å². The van der Waals surface area contributed by atoms with E-state index < -0.39 is 12.1 Å². The number of ether oxygens (including phenoxy) is 2. The van der Waals surface area contributed by atoms with Gasteiger partial charge in [-0.25, -0.2) is 9.18 Å². The van der Waals surface area contributed by atoms with Gasteiger partial charge in [-0.1, -0.05) is 66.2 Å². The van der Waals surface area contributed by atoms with E-state index in [1.807, 2.05) is 84.6 Å². The standard InChI is InChI=1S/C43H47ClFN5O4/c1-2-53-40-10-6-9-39(45)38(40)29-49-23-25-50(26-24-49)42(51)41(47-43(52)54-30-32-7-4-3-5-8-32)34-17-20-48(21-18-34)22-19-35-27-36(44)15-16-37(35)33-13-11-31(28-46)12-14-33/h3-16,27,34,41H,2,17-26,29-30H2,1H3,(H,47,52)/t41-/m1/s1. The minimum atomic E-state index is -0.728. The summed E-state index contributed by atoms with van der Waals surface area (Å²) >= 11 is 6.43. The number of likely N-dealkylation sites (tertiary alicyclic amines) is 1. The molecule has 2 fully saturated rings. The SMILES string of the molecule is CCOc1cccc(F)c1CN1CCN(C(=O)[C@H](NC(=O)OCc2ccccc2)C2CCN(CCc3cc(Cl)ccc3-c3ccc(C#N)cc3)CC2)CC1. The lowest BCUT2D eigenvalue weighted by molar-refractivity contribution is -0.137. The van der Waals surface area contributed by atoms with Gasteiger partial charge in [-0.2, -0.15) is 5.26 Å². The predicted octanol–water partition coefficient (Wildman–Crippen LogP) is 7.31. The highest BCUT2D eigenvalue weighted by Gasteiger charge is 2.37.